The van der Waals surface area contributed by atoms with Gasteiger partial charge in [-0.05, 0) is 6.08 Å². The van der Waals surface area contributed by atoms with E-state index in [9.17, 15) is 39.8 Å². The maximum Gasteiger partial charge on any atom is 0.227 e. The van der Waals surface area contributed by atoms with E-state index in [1.54, 1.807) is 0 Å². The molecule has 0 spiro atoms. The number of hydrogen-bond donors (Lipinski definition) is 8. The quantitative estimate of drug-likeness (QED) is 0.183. The minimum atomic E-state index is -4.05. The van der Waals surface area contributed by atoms with E-state index < -0.39 is 81.6 Å². The highest BCUT2D eigenvalue weighted by Gasteiger charge is 2.45. The van der Waals surface area contributed by atoms with Crippen LogP contribution in [0.1, 0.15) is 13.3 Å². The summed E-state index contributed by atoms with van der Waals surface area (Å²) in [6.07, 6.45) is -9.62. The van der Waals surface area contributed by atoms with Crippen molar-refractivity contribution in [3.05, 3.63) is 11.4 Å². The number of aliphatic hydroxyl groups excluding tert-OH is 6. The van der Waals surface area contributed by atoms with Crippen LogP contribution < -0.4 is 5.32 Å². The third kappa shape index (κ3) is 5.82. The maximum absolute atomic E-state index is 12.6. The molecule has 13 heteroatoms. The summed E-state index contributed by atoms with van der Waals surface area (Å²) in [6, 6.07) is -1.00. The van der Waals surface area contributed by atoms with Crippen molar-refractivity contribution in [1.29, 1.82) is 0 Å². The molecular weight excluding hydrogens is 413 g/mol. The van der Waals surface area contributed by atoms with E-state index in [-0.39, 0.29) is 11.7 Å². The molecule has 1 fully saturated rings. The van der Waals surface area contributed by atoms with Gasteiger partial charge in [-0.15, -0.1) is 0 Å². The zero-order valence-corrected chi connectivity index (χ0v) is 16.6. The normalized spacial score (nSPS) is 40.1. The van der Waals surface area contributed by atoms with Gasteiger partial charge in [-0.2, -0.15) is 0 Å². The Bertz CT molecular complexity index is 659. The highest BCUT2D eigenvalue weighted by atomic mass is 31.2. The van der Waals surface area contributed by atoms with Gasteiger partial charge in [-0.25, -0.2) is 0 Å². The third-order valence-electron chi connectivity index (χ3n) is 4.93. The monoisotopic (exact) mass is 441 g/mol. The first kappa shape index (κ1) is 24.4. The molecule has 1 saturated heterocycles. The van der Waals surface area contributed by atoms with Crippen molar-refractivity contribution in [2.45, 2.75) is 62.3 Å². The zero-order valence-electron chi connectivity index (χ0n) is 15.7. The van der Waals surface area contributed by atoms with Crippen molar-refractivity contribution < 1.29 is 54.4 Å². The van der Waals surface area contributed by atoms with Crippen LogP contribution in [0, 0.1) is 0 Å². The first-order valence-electron chi connectivity index (χ1n) is 9.06. The Kier molecular flexibility index (Phi) is 8.33. The predicted octanol–water partition coefficient (Wildman–Crippen LogP) is -3.41. The summed E-state index contributed by atoms with van der Waals surface area (Å²) in [4.78, 5) is 21.4. The number of amides is 1. The highest BCUT2D eigenvalue weighted by Crippen LogP contribution is 2.53. The van der Waals surface area contributed by atoms with E-state index in [1.165, 1.54) is 6.92 Å². The molecule has 0 aromatic carbocycles. The molecule has 9 atom stereocenters. The topological polar surface area (TPSA) is 206 Å². The number of aliphatic hydroxyl groups is 6. The average Bonchev–Trinajstić information content (AvgIpc) is 2.63. The predicted molar refractivity (Wildman–Crippen MR) is 96.7 cm³/mol. The fourth-order valence-electron chi connectivity index (χ4n) is 3.33. The van der Waals surface area contributed by atoms with Crippen LogP contribution in [0.5, 0.6) is 0 Å². The molecule has 1 aliphatic heterocycles. The van der Waals surface area contributed by atoms with E-state index in [1.807, 2.05) is 0 Å². The van der Waals surface area contributed by atoms with Crippen molar-refractivity contribution in [1.82, 2.24) is 5.32 Å². The first-order chi connectivity index (χ1) is 13.5. The summed E-state index contributed by atoms with van der Waals surface area (Å²) >= 11 is 0. The van der Waals surface area contributed by atoms with Gasteiger partial charge >= 0.3 is 0 Å². The van der Waals surface area contributed by atoms with Crippen molar-refractivity contribution in [2.24, 2.45) is 0 Å². The summed E-state index contributed by atoms with van der Waals surface area (Å²) in [7, 11) is -4.05. The second-order valence-corrected chi connectivity index (χ2v) is 9.56. The number of ether oxygens (including phenoxy) is 2. The molecule has 0 saturated carbocycles. The average molecular weight is 441 g/mol. The van der Waals surface area contributed by atoms with Gasteiger partial charge in [-0.1, -0.05) is 0 Å². The molecule has 0 bridgehead atoms. The number of carbonyl (C=O) groups excluding carboxylic acids is 1. The minimum Gasteiger partial charge on any atom is -0.394 e. The van der Waals surface area contributed by atoms with Crippen LogP contribution in [0.2, 0.25) is 0 Å². The van der Waals surface area contributed by atoms with Crippen LogP contribution >= 0.6 is 7.37 Å². The van der Waals surface area contributed by atoms with Gasteiger partial charge in [0.25, 0.3) is 0 Å². The Morgan fingerprint density at radius 2 is 1.93 bits per heavy atom. The SMILES string of the molecule is CC(=O)N[C@H]1[C@@H](O)C=C(P(=O)(O)CCO[C@H]2[C@@H](O)[C@@H](CO)OC(O)[C@@H]2O)C[C@@H]1O. The smallest absolute Gasteiger partial charge is 0.227 e. The van der Waals surface area contributed by atoms with E-state index in [2.05, 4.69) is 5.32 Å². The van der Waals surface area contributed by atoms with Crippen molar-refractivity contribution in [2.75, 3.05) is 19.4 Å². The van der Waals surface area contributed by atoms with E-state index in [4.69, 9.17) is 14.6 Å². The Hall–Kier alpha value is -0.920. The van der Waals surface area contributed by atoms with Crippen LogP contribution in [0.15, 0.2) is 11.4 Å². The van der Waals surface area contributed by atoms with Crippen molar-refractivity contribution >= 4 is 13.3 Å². The fourth-order valence-corrected chi connectivity index (χ4v) is 4.83. The van der Waals surface area contributed by atoms with Crippen molar-refractivity contribution in [3.63, 3.8) is 0 Å². The first-order valence-corrected chi connectivity index (χ1v) is 10.9. The molecule has 1 aliphatic carbocycles. The Morgan fingerprint density at radius 3 is 2.48 bits per heavy atom. The summed E-state index contributed by atoms with van der Waals surface area (Å²) in [5, 5.41) is 61.1. The number of rotatable bonds is 7. The molecule has 2 unspecified atom stereocenters. The summed E-state index contributed by atoms with van der Waals surface area (Å²) in [6.45, 7) is 0.169. The molecule has 0 aromatic heterocycles. The molecule has 2 rings (SSSR count). The summed E-state index contributed by atoms with van der Waals surface area (Å²) < 4.78 is 22.7. The molecule has 8 N–H and O–H groups in total. The lowest BCUT2D eigenvalue weighted by molar-refractivity contribution is -0.293. The van der Waals surface area contributed by atoms with Gasteiger partial charge in [0.15, 0.2) is 6.29 Å². The molecular formula is C16H28NO11P. The molecule has 29 heavy (non-hydrogen) atoms. The number of carbonyl (C=O) groups is 1. The van der Waals surface area contributed by atoms with Crippen LogP contribution in [0.3, 0.4) is 0 Å². The molecule has 0 radical (unpaired) electrons. The lowest BCUT2D eigenvalue weighted by Crippen LogP contribution is -2.59. The van der Waals surface area contributed by atoms with E-state index >= 15 is 0 Å². The van der Waals surface area contributed by atoms with Gasteiger partial charge in [0.05, 0.1) is 37.6 Å². The standard InChI is InChI=1S/C16H28NO11P/c1-7(19)17-12-9(20)4-8(5-10(12)21)29(25,26)3-2-27-15-13(22)11(6-18)28-16(24)14(15)23/h4,9-16,18,20-24H,2-3,5-6H2,1H3,(H,17,19)(H,25,26)/t9-,10-,11+,12-,13-,14+,15-,16?/m0/s1. The Balaban J connectivity index is 1.99. The maximum atomic E-state index is 12.6. The van der Waals surface area contributed by atoms with E-state index in [0.29, 0.717) is 0 Å². The van der Waals surface area contributed by atoms with Gasteiger partial charge in [0.2, 0.25) is 13.3 Å². The second kappa shape index (κ2) is 9.92. The highest BCUT2D eigenvalue weighted by molar-refractivity contribution is 7.62. The summed E-state index contributed by atoms with van der Waals surface area (Å²) in [5.41, 5.74) is 0. The van der Waals surface area contributed by atoms with Crippen LogP contribution in [0.25, 0.3) is 0 Å². The number of hydrogen-bond acceptors (Lipinski definition) is 10. The van der Waals surface area contributed by atoms with Crippen LogP contribution in [0.4, 0.5) is 0 Å². The summed E-state index contributed by atoms with van der Waals surface area (Å²) in [5.74, 6) is -0.470. The van der Waals surface area contributed by atoms with Gasteiger partial charge < -0.3 is 50.3 Å². The van der Waals surface area contributed by atoms with Gasteiger partial charge in [0, 0.05) is 18.7 Å². The lowest BCUT2D eigenvalue weighted by atomic mass is 9.95. The second-order valence-electron chi connectivity index (χ2n) is 7.14. The molecule has 168 valence electrons. The minimum absolute atomic E-state index is 0.0935. The number of nitrogens with one attached hydrogen (secondary N) is 1. The molecule has 1 amide bonds. The van der Waals surface area contributed by atoms with Crippen molar-refractivity contribution in [3.8, 4) is 0 Å². The zero-order chi connectivity index (χ0) is 21.9. The van der Waals surface area contributed by atoms with Crippen LogP contribution in [-0.4, -0.2) is 110 Å². The van der Waals surface area contributed by atoms with Gasteiger partial charge in [-0.3, -0.25) is 9.36 Å². The largest absolute Gasteiger partial charge is 0.394 e. The third-order valence-corrected chi connectivity index (χ3v) is 6.95. The molecule has 2 aliphatic rings. The Morgan fingerprint density at radius 1 is 1.28 bits per heavy atom. The lowest BCUT2D eigenvalue weighted by Gasteiger charge is -2.40. The van der Waals surface area contributed by atoms with Gasteiger partial charge in [0.1, 0.15) is 24.4 Å². The van der Waals surface area contributed by atoms with Crippen LogP contribution in [-0.2, 0) is 18.8 Å². The Labute approximate surface area is 166 Å². The fraction of sp³-hybridized carbons (Fsp3) is 0.812. The molecule has 12 nitrogen and oxygen atoms in total. The molecule has 0 aromatic rings. The van der Waals surface area contributed by atoms with E-state index in [0.717, 1.165) is 6.08 Å². The molecule has 1 heterocycles.